The van der Waals surface area contributed by atoms with Crippen LogP contribution in [0.1, 0.15) is 30.4 Å². The number of hydrogen-bond donors (Lipinski definition) is 1. The van der Waals surface area contributed by atoms with Crippen molar-refractivity contribution < 1.29 is 17.6 Å². The fraction of sp³-hybridized carbons (Fsp3) is 0.333. The zero-order valence-corrected chi connectivity index (χ0v) is 18.1. The average molecular weight is 470 g/mol. The van der Waals surface area contributed by atoms with Gasteiger partial charge in [0.05, 0.1) is 35.4 Å². The lowest BCUT2D eigenvalue weighted by atomic mass is 9.87. The Morgan fingerprint density at radius 3 is 2.72 bits per heavy atom. The molecule has 0 unspecified atom stereocenters. The fourth-order valence-corrected chi connectivity index (χ4v) is 4.03. The van der Waals surface area contributed by atoms with Gasteiger partial charge >= 0.3 is 6.18 Å². The van der Waals surface area contributed by atoms with Crippen molar-refractivity contribution in [3.05, 3.63) is 68.0 Å². The van der Waals surface area contributed by atoms with Crippen LogP contribution in [0.15, 0.2) is 50.4 Å². The van der Waals surface area contributed by atoms with E-state index in [1.807, 2.05) is 0 Å². The number of halogens is 5. The van der Waals surface area contributed by atoms with Crippen molar-refractivity contribution in [1.29, 1.82) is 0 Å². The number of hydrogen-bond acceptors (Lipinski definition) is 5. The van der Waals surface area contributed by atoms with Crippen molar-refractivity contribution in [1.82, 2.24) is 10.2 Å². The van der Waals surface area contributed by atoms with E-state index in [1.54, 1.807) is 18.9 Å². The Balaban J connectivity index is 2.02. The lowest BCUT2D eigenvalue weighted by Gasteiger charge is -2.33. The predicted octanol–water partition coefficient (Wildman–Crippen LogP) is 4.62. The van der Waals surface area contributed by atoms with Gasteiger partial charge in [-0.2, -0.15) is 18.3 Å². The van der Waals surface area contributed by atoms with Crippen LogP contribution in [0.3, 0.4) is 0 Å². The summed E-state index contributed by atoms with van der Waals surface area (Å²) in [6.07, 6.45) is -2.93. The van der Waals surface area contributed by atoms with Crippen LogP contribution in [0.2, 0.25) is 5.02 Å². The van der Waals surface area contributed by atoms with Gasteiger partial charge in [0.25, 0.3) is 5.56 Å². The van der Waals surface area contributed by atoms with E-state index in [4.69, 9.17) is 11.6 Å². The summed E-state index contributed by atoms with van der Waals surface area (Å²) in [5, 5.41) is 6.00. The van der Waals surface area contributed by atoms with E-state index >= 15 is 0 Å². The molecule has 1 fully saturated rings. The molecule has 1 atom stereocenters. The molecule has 0 spiro atoms. The third-order valence-electron chi connectivity index (χ3n) is 5.39. The van der Waals surface area contributed by atoms with Crippen molar-refractivity contribution in [3.8, 4) is 0 Å². The van der Waals surface area contributed by atoms with Crippen LogP contribution >= 0.6 is 11.6 Å². The molecule has 32 heavy (non-hydrogen) atoms. The van der Waals surface area contributed by atoms with Gasteiger partial charge in [-0.25, -0.2) is 9.49 Å². The Labute approximate surface area is 186 Å². The van der Waals surface area contributed by atoms with Crippen LogP contribution in [0.25, 0.3) is 0 Å². The molecule has 1 aromatic heterocycles. The lowest BCUT2D eigenvalue weighted by molar-refractivity contribution is -0.138. The number of rotatable bonds is 4. The molecule has 0 bridgehead atoms. The summed E-state index contributed by atoms with van der Waals surface area (Å²) in [6, 6.07) is 2.59. The zero-order valence-electron chi connectivity index (χ0n) is 17.3. The van der Waals surface area contributed by atoms with E-state index in [1.165, 1.54) is 6.20 Å². The summed E-state index contributed by atoms with van der Waals surface area (Å²) in [7, 11) is 1.56. The molecule has 0 aliphatic carbocycles. The van der Waals surface area contributed by atoms with Gasteiger partial charge in [-0.1, -0.05) is 24.6 Å². The molecule has 1 saturated heterocycles. The van der Waals surface area contributed by atoms with Crippen LogP contribution in [0.4, 0.5) is 23.2 Å². The van der Waals surface area contributed by atoms with Crippen LogP contribution < -0.4 is 10.5 Å². The number of nitrogens with zero attached hydrogens (tertiary/aromatic N) is 4. The zero-order chi connectivity index (χ0) is 23.6. The maximum atomic E-state index is 13.5. The van der Waals surface area contributed by atoms with Gasteiger partial charge in [-0.3, -0.25) is 14.8 Å². The second-order valence-electron chi connectivity index (χ2n) is 7.21. The third-order valence-corrected chi connectivity index (χ3v) is 5.75. The molecule has 1 aliphatic rings. The van der Waals surface area contributed by atoms with E-state index < -0.39 is 29.0 Å². The molecule has 1 aliphatic heterocycles. The molecule has 170 valence electrons. The number of anilines is 1. The van der Waals surface area contributed by atoms with Crippen molar-refractivity contribution in [3.63, 3.8) is 0 Å². The van der Waals surface area contributed by atoms with Gasteiger partial charge in [0.15, 0.2) is 0 Å². The number of allylic oxidation sites excluding steroid dienone is 1. The Morgan fingerprint density at radius 2 is 2.09 bits per heavy atom. The highest BCUT2D eigenvalue weighted by Crippen LogP contribution is 2.40. The van der Waals surface area contributed by atoms with Crippen molar-refractivity contribution in [2.45, 2.75) is 25.4 Å². The van der Waals surface area contributed by atoms with Crippen LogP contribution in [0.5, 0.6) is 0 Å². The Hall–Kier alpha value is -3.01. The molecule has 6 nitrogen and oxygen atoms in total. The molecule has 1 N–H and O–H groups in total. The van der Waals surface area contributed by atoms with Crippen LogP contribution in [-0.2, 0) is 6.18 Å². The van der Waals surface area contributed by atoms with Crippen molar-refractivity contribution in [2.24, 2.45) is 9.98 Å². The highest BCUT2D eigenvalue weighted by Gasteiger charge is 2.36. The summed E-state index contributed by atoms with van der Waals surface area (Å²) in [6.45, 7) is 5.77. The number of aromatic amines is 1. The minimum Gasteiger partial charge on any atom is -0.363 e. The van der Waals surface area contributed by atoms with E-state index in [2.05, 4.69) is 26.9 Å². The third kappa shape index (κ3) is 4.59. The minimum absolute atomic E-state index is 0.0144. The first-order valence-corrected chi connectivity index (χ1v) is 9.96. The molecule has 2 heterocycles. The predicted molar refractivity (Wildman–Crippen MR) is 116 cm³/mol. The minimum atomic E-state index is -4.72. The molecule has 3 rings (SSSR count). The van der Waals surface area contributed by atoms with Crippen molar-refractivity contribution in [2.75, 3.05) is 25.0 Å². The monoisotopic (exact) mass is 469 g/mol. The molecule has 0 amide bonds. The van der Waals surface area contributed by atoms with E-state index in [0.717, 1.165) is 12.1 Å². The maximum Gasteiger partial charge on any atom is 0.416 e. The Bertz CT molecular complexity index is 1160. The van der Waals surface area contributed by atoms with Gasteiger partial charge in [0, 0.05) is 19.5 Å². The molecule has 0 saturated carbocycles. The molecule has 0 radical (unpaired) electrons. The summed E-state index contributed by atoms with van der Waals surface area (Å²) in [5.41, 5.74) is 0.287. The first-order valence-electron chi connectivity index (χ1n) is 9.59. The Morgan fingerprint density at radius 1 is 1.38 bits per heavy atom. The molecule has 2 aromatic rings. The standard InChI is InChI=1S/C21H20ClF4N5O/c1-11(13-5-4-12(23)8-15(13)21(24,25)26)19(28-3)14-6-7-31(10-16(14)27-2)17-9-29-30-20(32)18(17)22/h4-5,8-9,11H,3,6-7,10H2,1-2H3,(H,30,32)/b19-14-,27-16-/t11-/m1/s1. The summed E-state index contributed by atoms with van der Waals surface area (Å²) in [5.74, 6) is -1.78. The quantitative estimate of drug-likeness (QED) is 0.524. The van der Waals surface area contributed by atoms with E-state index in [9.17, 15) is 22.4 Å². The molecular formula is C21H20ClF4N5O. The summed E-state index contributed by atoms with van der Waals surface area (Å²) in [4.78, 5) is 21.9. The average Bonchev–Trinajstić information content (AvgIpc) is 2.75. The second-order valence-corrected chi connectivity index (χ2v) is 7.59. The van der Waals surface area contributed by atoms with Gasteiger partial charge in [-0.15, -0.1) is 0 Å². The molecular weight excluding hydrogens is 450 g/mol. The number of alkyl halides is 3. The smallest absolute Gasteiger partial charge is 0.363 e. The molecule has 1 aromatic carbocycles. The molecule has 11 heteroatoms. The number of H-pyrrole nitrogens is 1. The highest BCUT2D eigenvalue weighted by molar-refractivity contribution is 6.33. The normalized spacial score (nSPS) is 18.6. The van der Waals surface area contributed by atoms with E-state index in [0.29, 0.717) is 41.7 Å². The topological polar surface area (TPSA) is 73.7 Å². The van der Waals surface area contributed by atoms with Gasteiger partial charge in [-0.05, 0) is 36.4 Å². The Kier molecular flexibility index (Phi) is 6.82. The number of aromatic nitrogens is 2. The lowest BCUT2D eigenvalue weighted by Crippen LogP contribution is -2.39. The summed E-state index contributed by atoms with van der Waals surface area (Å²) < 4.78 is 54.2. The number of benzene rings is 1. The first-order chi connectivity index (χ1) is 15.1. The summed E-state index contributed by atoms with van der Waals surface area (Å²) >= 11 is 6.10. The highest BCUT2D eigenvalue weighted by atomic mass is 35.5. The number of aliphatic imine (C=N–C) groups is 2. The van der Waals surface area contributed by atoms with Gasteiger partial charge in [0.2, 0.25) is 0 Å². The van der Waals surface area contributed by atoms with E-state index in [-0.39, 0.29) is 17.1 Å². The van der Waals surface area contributed by atoms with Crippen LogP contribution in [-0.4, -0.2) is 42.8 Å². The van der Waals surface area contributed by atoms with Crippen molar-refractivity contribution >= 4 is 29.7 Å². The number of nitrogens with one attached hydrogen (secondary N) is 1. The fourth-order valence-electron chi connectivity index (χ4n) is 3.82. The first kappa shape index (κ1) is 23.6. The maximum absolute atomic E-state index is 13.5. The SMILES string of the molecule is C=N/C(=C1/CCN(c2cn[nH]c(=O)c2Cl)C/C1=N/C)[C@H](C)c1ccc(F)cc1C(F)(F)F. The van der Waals surface area contributed by atoms with Gasteiger partial charge in [0.1, 0.15) is 10.8 Å². The van der Waals surface area contributed by atoms with Crippen LogP contribution in [0, 0.1) is 5.82 Å². The largest absolute Gasteiger partial charge is 0.416 e. The second kappa shape index (κ2) is 9.23. The number of piperidine rings is 1. The van der Waals surface area contributed by atoms with Gasteiger partial charge < -0.3 is 4.90 Å².